The van der Waals surface area contributed by atoms with Gasteiger partial charge in [-0.1, -0.05) is 18.2 Å². The minimum atomic E-state index is -0.498. The normalized spacial score (nSPS) is 13.9. The number of aromatic nitrogens is 3. The number of nitrogens with one attached hydrogen (secondary N) is 1. The molecule has 3 aromatic rings. The van der Waals surface area contributed by atoms with E-state index in [2.05, 4.69) is 15.3 Å². The zero-order chi connectivity index (χ0) is 22.5. The molecular weight excluding hydrogens is 412 g/mol. The van der Waals surface area contributed by atoms with Crippen LogP contribution in [-0.4, -0.2) is 76.2 Å². The Morgan fingerprint density at radius 1 is 1.03 bits per heavy atom. The van der Waals surface area contributed by atoms with E-state index >= 15 is 0 Å². The average Bonchev–Trinajstić information content (AvgIpc) is 2.83. The highest BCUT2D eigenvalue weighted by molar-refractivity contribution is 5.94. The fourth-order valence-corrected chi connectivity index (χ4v) is 3.59. The van der Waals surface area contributed by atoms with Gasteiger partial charge in [0.25, 0.3) is 11.5 Å². The molecule has 32 heavy (non-hydrogen) atoms. The summed E-state index contributed by atoms with van der Waals surface area (Å²) in [6, 6.07) is 12.4. The average molecular weight is 436 g/mol. The molecule has 0 atom stereocenters. The van der Waals surface area contributed by atoms with Crippen LogP contribution in [-0.2, 0) is 11.3 Å². The molecule has 1 aliphatic heterocycles. The van der Waals surface area contributed by atoms with Gasteiger partial charge in [-0.25, -0.2) is 14.8 Å². The summed E-state index contributed by atoms with van der Waals surface area (Å²) in [7, 11) is 1.54. The van der Waals surface area contributed by atoms with E-state index in [1.54, 1.807) is 35.2 Å². The number of rotatable bonds is 5. The van der Waals surface area contributed by atoms with E-state index in [1.807, 2.05) is 30.3 Å². The highest BCUT2D eigenvalue weighted by Gasteiger charge is 2.28. The summed E-state index contributed by atoms with van der Waals surface area (Å²) in [5, 5.41) is 2.84. The second kappa shape index (κ2) is 9.56. The van der Waals surface area contributed by atoms with Crippen molar-refractivity contribution < 1.29 is 14.3 Å². The molecule has 1 saturated heterocycles. The van der Waals surface area contributed by atoms with E-state index in [9.17, 15) is 14.4 Å². The number of anilines is 1. The largest absolute Gasteiger partial charge is 0.383 e. The monoisotopic (exact) mass is 436 g/mol. The number of methoxy groups -OCH3 is 1. The summed E-state index contributed by atoms with van der Waals surface area (Å²) in [6.45, 7) is 1.91. The maximum Gasteiger partial charge on any atom is 0.321 e. The van der Waals surface area contributed by atoms with Crippen LogP contribution in [0.2, 0.25) is 0 Å². The van der Waals surface area contributed by atoms with Crippen LogP contribution in [0.25, 0.3) is 11.2 Å². The van der Waals surface area contributed by atoms with Crippen LogP contribution in [0, 0.1) is 0 Å². The number of para-hydroxylation sites is 1. The van der Waals surface area contributed by atoms with Crippen LogP contribution in [0.1, 0.15) is 10.5 Å². The molecule has 4 rings (SSSR count). The number of ether oxygens (including phenoxy) is 1. The van der Waals surface area contributed by atoms with Gasteiger partial charge in [0.05, 0.1) is 13.2 Å². The molecule has 10 nitrogen and oxygen atoms in total. The molecule has 3 heterocycles. The summed E-state index contributed by atoms with van der Waals surface area (Å²) in [5.41, 5.74) is 0.939. The fourth-order valence-electron chi connectivity index (χ4n) is 3.59. The first-order valence-corrected chi connectivity index (χ1v) is 10.3. The zero-order valence-corrected chi connectivity index (χ0v) is 17.7. The van der Waals surface area contributed by atoms with Crippen molar-refractivity contribution >= 4 is 28.8 Å². The number of hydrogen-bond acceptors (Lipinski definition) is 6. The predicted octanol–water partition coefficient (Wildman–Crippen LogP) is 1.43. The first kappa shape index (κ1) is 21.4. The van der Waals surface area contributed by atoms with E-state index in [1.165, 1.54) is 4.57 Å². The molecule has 0 aliphatic carbocycles. The summed E-state index contributed by atoms with van der Waals surface area (Å²) in [6.07, 6.45) is 1.58. The standard InChI is InChI=1S/C22H24N6O4/c1-32-15-14-28-19-17(8-5-9-23-19)25-18(21(28)30)20(29)26-10-12-27(13-11-26)22(31)24-16-6-3-2-4-7-16/h2-9H,10-15H2,1H3,(H,24,31). The molecule has 0 radical (unpaired) electrons. The molecule has 1 aromatic carbocycles. The number of carbonyl (C=O) groups excluding carboxylic acids is 2. The molecule has 3 amide bonds. The zero-order valence-electron chi connectivity index (χ0n) is 17.7. The minimum Gasteiger partial charge on any atom is -0.383 e. The molecular formula is C22H24N6O4. The first-order valence-electron chi connectivity index (χ1n) is 10.3. The topological polar surface area (TPSA) is 110 Å². The van der Waals surface area contributed by atoms with E-state index in [0.29, 0.717) is 49.6 Å². The van der Waals surface area contributed by atoms with Crippen LogP contribution in [0.4, 0.5) is 10.5 Å². The fraction of sp³-hybridized carbons (Fsp3) is 0.318. The number of carbonyl (C=O) groups is 2. The lowest BCUT2D eigenvalue weighted by Crippen LogP contribution is -2.52. The number of fused-ring (bicyclic) bond motifs is 1. The Morgan fingerprint density at radius 3 is 2.47 bits per heavy atom. The molecule has 2 aromatic heterocycles. The lowest BCUT2D eigenvalue weighted by atomic mass is 10.2. The van der Waals surface area contributed by atoms with Gasteiger partial charge in [0.2, 0.25) is 0 Å². The highest BCUT2D eigenvalue weighted by atomic mass is 16.5. The van der Waals surface area contributed by atoms with Gasteiger partial charge in [-0.05, 0) is 24.3 Å². The number of nitrogens with zero attached hydrogens (tertiary/aromatic N) is 5. The number of piperazine rings is 1. The third-order valence-electron chi connectivity index (χ3n) is 5.30. The van der Waals surface area contributed by atoms with E-state index in [4.69, 9.17) is 4.74 Å². The van der Waals surface area contributed by atoms with Crippen molar-refractivity contribution in [3.8, 4) is 0 Å². The first-order chi connectivity index (χ1) is 15.6. The van der Waals surface area contributed by atoms with E-state index in [0.717, 1.165) is 0 Å². The van der Waals surface area contributed by atoms with Crippen LogP contribution in [0.15, 0.2) is 53.5 Å². The Balaban J connectivity index is 1.49. The maximum atomic E-state index is 13.1. The highest BCUT2D eigenvalue weighted by Crippen LogP contribution is 2.12. The maximum absolute atomic E-state index is 13.1. The van der Waals surface area contributed by atoms with Crippen molar-refractivity contribution in [3.63, 3.8) is 0 Å². The quantitative estimate of drug-likeness (QED) is 0.648. The molecule has 0 spiro atoms. The van der Waals surface area contributed by atoms with Crippen molar-refractivity contribution in [1.82, 2.24) is 24.3 Å². The van der Waals surface area contributed by atoms with Crippen LogP contribution in [0.5, 0.6) is 0 Å². The summed E-state index contributed by atoms with van der Waals surface area (Å²) < 4.78 is 6.52. The molecule has 0 bridgehead atoms. The number of benzene rings is 1. The Hall–Kier alpha value is -3.79. The van der Waals surface area contributed by atoms with E-state index in [-0.39, 0.29) is 18.3 Å². The number of hydrogen-bond donors (Lipinski definition) is 1. The van der Waals surface area contributed by atoms with E-state index < -0.39 is 11.5 Å². The second-order valence-electron chi connectivity index (χ2n) is 7.33. The van der Waals surface area contributed by atoms with Crippen LogP contribution in [0.3, 0.4) is 0 Å². The summed E-state index contributed by atoms with van der Waals surface area (Å²) in [4.78, 5) is 50.4. The molecule has 166 valence electrons. The SMILES string of the molecule is COCCn1c(=O)c(C(=O)N2CCN(C(=O)Nc3ccccc3)CC2)nc2cccnc21. The molecule has 1 fully saturated rings. The Morgan fingerprint density at radius 2 is 1.75 bits per heavy atom. The summed E-state index contributed by atoms with van der Waals surface area (Å²) >= 11 is 0. The Labute approximate surface area is 184 Å². The molecule has 0 saturated carbocycles. The van der Waals surface area contributed by atoms with Gasteiger partial charge in [0.1, 0.15) is 5.52 Å². The Kier molecular flexibility index (Phi) is 6.41. The van der Waals surface area contributed by atoms with Gasteiger partial charge in [-0.15, -0.1) is 0 Å². The van der Waals surface area contributed by atoms with Gasteiger partial charge in [0.15, 0.2) is 11.3 Å². The lowest BCUT2D eigenvalue weighted by molar-refractivity contribution is 0.0663. The summed E-state index contributed by atoms with van der Waals surface area (Å²) in [5.74, 6) is -0.449. The predicted molar refractivity (Wildman–Crippen MR) is 119 cm³/mol. The van der Waals surface area contributed by atoms with Crippen LogP contribution >= 0.6 is 0 Å². The van der Waals surface area contributed by atoms with Crippen molar-refractivity contribution in [1.29, 1.82) is 0 Å². The van der Waals surface area contributed by atoms with Gasteiger partial charge in [-0.2, -0.15) is 0 Å². The number of urea groups is 1. The van der Waals surface area contributed by atoms with Crippen LogP contribution < -0.4 is 10.9 Å². The van der Waals surface area contributed by atoms with Crippen molar-refractivity contribution in [2.45, 2.75) is 6.54 Å². The molecule has 10 heteroatoms. The second-order valence-corrected chi connectivity index (χ2v) is 7.33. The smallest absolute Gasteiger partial charge is 0.321 e. The third-order valence-corrected chi connectivity index (χ3v) is 5.30. The molecule has 0 unspecified atom stereocenters. The van der Waals surface area contributed by atoms with Gasteiger partial charge in [-0.3, -0.25) is 14.2 Å². The van der Waals surface area contributed by atoms with Gasteiger partial charge < -0.3 is 19.9 Å². The Bertz CT molecular complexity index is 1170. The lowest BCUT2D eigenvalue weighted by Gasteiger charge is -2.34. The van der Waals surface area contributed by atoms with Crippen molar-refractivity contribution in [3.05, 3.63) is 64.7 Å². The van der Waals surface area contributed by atoms with Gasteiger partial charge in [0, 0.05) is 45.2 Å². The van der Waals surface area contributed by atoms with Gasteiger partial charge >= 0.3 is 6.03 Å². The molecule has 1 aliphatic rings. The number of amides is 3. The third kappa shape index (κ3) is 4.45. The van der Waals surface area contributed by atoms with Crippen molar-refractivity contribution in [2.24, 2.45) is 0 Å². The number of pyridine rings is 1. The molecule has 1 N–H and O–H groups in total. The van der Waals surface area contributed by atoms with Crippen molar-refractivity contribution in [2.75, 3.05) is 45.2 Å². The minimum absolute atomic E-state index is 0.149.